The lowest BCUT2D eigenvalue weighted by atomic mass is 10.2. The molecule has 1 aromatic heterocycles. The highest BCUT2D eigenvalue weighted by Crippen LogP contribution is 2.28. The van der Waals surface area contributed by atoms with Gasteiger partial charge in [0.15, 0.2) is 0 Å². The Morgan fingerprint density at radius 1 is 1.29 bits per heavy atom. The van der Waals surface area contributed by atoms with Crippen LogP contribution in [0.1, 0.15) is 24.6 Å². The first-order valence-corrected chi connectivity index (χ1v) is 10.3. The lowest BCUT2D eigenvalue weighted by Gasteiger charge is -2.34. The second-order valence-corrected chi connectivity index (χ2v) is 9.48. The number of nitrogens with zero attached hydrogens (tertiary/aromatic N) is 2. The minimum absolute atomic E-state index is 0. The maximum atomic E-state index is 12.5. The van der Waals surface area contributed by atoms with Crippen molar-refractivity contribution in [2.24, 2.45) is 0 Å². The van der Waals surface area contributed by atoms with E-state index in [0.29, 0.717) is 23.8 Å². The lowest BCUT2D eigenvalue weighted by molar-refractivity contribution is -0.133. The zero-order chi connectivity index (χ0) is 16.4. The van der Waals surface area contributed by atoms with E-state index in [1.807, 2.05) is 11.8 Å². The number of sulfonamides is 1. The molecular formula is C15H24ClN3O3S2. The molecule has 2 aliphatic heterocycles. The van der Waals surface area contributed by atoms with Gasteiger partial charge in [-0.1, -0.05) is 0 Å². The second kappa shape index (κ2) is 8.14. The van der Waals surface area contributed by atoms with Crippen molar-refractivity contribution in [2.45, 2.75) is 36.4 Å². The molecule has 0 unspecified atom stereocenters. The fourth-order valence-corrected chi connectivity index (χ4v) is 6.13. The Kier molecular flexibility index (Phi) is 6.66. The Morgan fingerprint density at radius 2 is 2.00 bits per heavy atom. The number of carbonyl (C=O) groups excluding carboxylic acids is 1. The molecule has 1 aromatic rings. The van der Waals surface area contributed by atoms with E-state index in [1.54, 1.807) is 16.4 Å². The average Bonchev–Trinajstić information content (AvgIpc) is 3.19. The van der Waals surface area contributed by atoms with E-state index < -0.39 is 10.0 Å². The predicted octanol–water partition coefficient (Wildman–Crippen LogP) is 1.32. The van der Waals surface area contributed by atoms with Crippen LogP contribution in [0.3, 0.4) is 0 Å². The molecular weight excluding hydrogens is 370 g/mol. The number of carbonyl (C=O) groups is 1. The molecule has 9 heteroatoms. The standard InChI is InChI=1S/C15H23N3O3S2.ClH/c1-12-11-16-6-9-18(12)14(19)10-13-4-5-15(22-13)23(20,21)17-7-2-3-8-17;/h4-5,12,16H,2-3,6-11H2,1H3;1H/t12-;/m1./s1. The van der Waals surface area contributed by atoms with Gasteiger partial charge in [0.05, 0.1) is 6.42 Å². The molecule has 6 nitrogen and oxygen atoms in total. The van der Waals surface area contributed by atoms with E-state index in [-0.39, 0.29) is 30.8 Å². The van der Waals surface area contributed by atoms with Gasteiger partial charge in [-0.2, -0.15) is 4.31 Å². The third kappa shape index (κ3) is 4.11. The average molecular weight is 394 g/mol. The molecule has 3 heterocycles. The van der Waals surface area contributed by atoms with Crippen molar-refractivity contribution >= 4 is 39.7 Å². The number of amides is 1. The van der Waals surface area contributed by atoms with Gasteiger partial charge in [-0.05, 0) is 31.9 Å². The summed E-state index contributed by atoms with van der Waals surface area (Å²) >= 11 is 1.23. The molecule has 3 rings (SSSR count). The summed E-state index contributed by atoms with van der Waals surface area (Å²) in [6.45, 7) is 5.57. The molecule has 0 spiro atoms. The van der Waals surface area contributed by atoms with E-state index in [1.165, 1.54) is 11.3 Å². The number of halogens is 1. The van der Waals surface area contributed by atoms with Crippen molar-refractivity contribution in [1.29, 1.82) is 0 Å². The van der Waals surface area contributed by atoms with E-state index in [2.05, 4.69) is 5.32 Å². The predicted molar refractivity (Wildman–Crippen MR) is 97.3 cm³/mol. The fourth-order valence-electron chi connectivity index (χ4n) is 3.11. The van der Waals surface area contributed by atoms with E-state index in [9.17, 15) is 13.2 Å². The number of rotatable bonds is 4. The monoisotopic (exact) mass is 393 g/mol. The summed E-state index contributed by atoms with van der Waals surface area (Å²) in [5.41, 5.74) is 0. The second-order valence-electron chi connectivity index (χ2n) is 6.15. The van der Waals surface area contributed by atoms with Gasteiger partial charge in [0.25, 0.3) is 10.0 Å². The Balaban J connectivity index is 0.00000208. The molecule has 0 aromatic carbocycles. The minimum Gasteiger partial charge on any atom is -0.337 e. The van der Waals surface area contributed by atoms with Crippen LogP contribution in [0.25, 0.3) is 0 Å². The number of hydrogen-bond acceptors (Lipinski definition) is 5. The normalized spacial score (nSPS) is 22.4. The lowest BCUT2D eigenvalue weighted by Crippen LogP contribution is -2.52. The van der Waals surface area contributed by atoms with Crippen molar-refractivity contribution in [2.75, 3.05) is 32.7 Å². The van der Waals surface area contributed by atoms with Crippen LogP contribution in [0.2, 0.25) is 0 Å². The van der Waals surface area contributed by atoms with Gasteiger partial charge in [-0.3, -0.25) is 4.79 Å². The molecule has 0 saturated carbocycles. The SMILES string of the molecule is C[C@@H]1CNCCN1C(=O)Cc1ccc(S(=O)(=O)N2CCCC2)s1.Cl. The summed E-state index contributed by atoms with van der Waals surface area (Å²) < 4.78 is 26.9. The highest BCUT2D eigenvalue weighted by atomic mass is 35.5. The van der Waals surface area contributed by atoms with Crippen molar-refractivity contribution in [3.05, 3.63) is 17.0 Å². The molecule has 24 heavy (non-hydrogen) atoms. The quantitative estimate of drug-likeness (QED) is 0.837. The first kappa shape index (κ1) is 19.7. The summed E-state index contributed by atoms with van der Waals surface area (Å²) in [6.07, 6.45) is 2.14. The summed E-state index contributed by atoms with van der Waals surface area (Å²) in [5, 5.41) is 3.26. The number of hydrogen-bond donors (Lipinski definition) is 1. The summed E-state index contributed by atoms with van der Waals surface area (Å²) in [5.74, 6) is 0.0750. The minimum atomic E-state index is -3.37. The first-order valence-electron chi connectivity index (χ1n) is 8.07. The Morgan fingerprint density at radius 3 is 2.67 bits per heavy atom. The van der Waals surface area contributed by atoms with E-state index in [4.69, 9.17) is 0 Å². The van der Waals surface area contributed by atoms with Crippen LogP contribution in [0.4, 0.5) is 0 Å². The van der Waals surface area contributed by atoms with Gasteiger partial charge >= 0.3 is 0 Å². The summed E-state index contributed by atoms with van der Waals surface area (Å²) in [4.78, 5) is 15.1. The maximum Gasteiger partial charge on any atom is 0.252 e. The molecule has 0 bridgehead atoms. The van der Waals surface area contributed by atoms with Crippen LogP contribution in [0.5, 0.6) is 0 Å². The highest BCUT2D eigenvalue weighted by Gasteiger charge is 2.29. The van der Waals surface area contributed by atoms with Crippen LogP contribution in [-0.2, 0) is 21.2 Å². The molecule has 2 fully saturated rings. The van der Waals surface area contributed by atoms with Crippen LogP contribution in [0, 0.1) is 0 Å². The summed E-state index contributed by atoms with van der Waals surface area (Å²) in [7, 11) is -3.37. The number of thiophene rings is 1. The Bertz CT molecular complexity index is 671. The molecule has 2 saturated heterocycles. The molecule has 1 atom stereocenters. The molecule has 1 amide bonds. The van der Waals surface area contributed by atoms with Crippen LogP contribution < -0.4 is 5.32 Å². The maximum absolute atomic E-state index is 12.5. The molecule has 0 aliphatic carbocycles. The van der Waals surface area contributed by atoms with Crippen molar-refractivity contribution in [1.82, 2.24) is 14.5 Å². The molecule has 0 radical (unpaired) electrons. The zero-order valence-corrected chi connectivity index (χ0v) is 16.2. The Labute approximate surface area is 153 Å². The van der Waals surface area contributed by atoms with Crippen molar-refractivity contribution in [3.63, 3.8) is 0 Å². The molecule has 136 valence electrons. The largest absolute Gasteiger partial charge is 0.337 e. The topological polar surface area (TPSA) is 69.7 Å². The van der Waals surface area contributed by atoms with Gasteiger partial charge < -0.3 is 10.2 Å². The van der Waals surface area contributed by atoms with Gasteiger partial charge in [0.1, 0.15) is 4.21 Å². The van der Waals surface area contributed by atoms with E-state index in [0.717, 1.165) is 30.8 Å². The van der Waals surface area contributed by atoms with Gasteiger partial charge in [-0.15, -0.1) is 23.7 Å². The summed E-state index contributed by atoms with van der Waals surface area (Å²) in [6, 6.07) is 3.60. The fraction of sp³-hybridized carbons (Fsp3) is 0.667. The van der Waals surface area contributed by atoms with Crippen LogP contribution >= 0.6 is 23.7 Å². The first-order chi connectivity index (χ1) is 11.0. The number of nitrogens with one attached hydrogen (secondary N) is 1. The smallest absolute Gasteiger partial charge is 0.252 e. The molecule has 2 aliphatic rings. The molecule has 1 N–H and O–H groups in total. The van der Waals surface area contributed by atoms with Crippen LogP contribution in [-0.4, -0.2) is 62.3 Å². The zero-order valence-electron chi connectivity index (χ0n) is 13.7. The third-order valence-electron chi connectivity index (χ3n) is 4.44. The van der Waals surface area contributed by atoms with Gasteiger partial charge in [0.2, 0.25) is 5.91 Å². The van der Waals surface area contributed by atoms with Crippen molar-refractivity contribution in [3.8, 4) is 0 Å². The number of piperazine rings is 1. The van der Waals surface area contributed by atoms with Crippen LogP contribution in [0.15, 0.2) is 16.3 Å². The third-order valence-corrected chi connectivity index (χ3v) is 7.89. The Hall–Kier alpha value is -0.670. The highest BCUT2D eigenvalue weighted by molar-refractivity contribution is 7.91. The van der Waals surface area contributed by atoms with Crippen molar-refractivity contribution < 1.29 is 13.2 Å². The van der Waals surface area contributed by atoms with Gasteiger partial charge in [-0.25, -0.2) is 8.42 Å². The van der Waals surface area contributed by atoms with E-state index >= 15 is 0 Å². The van der Waals surface area contributed by atoms with Gasteiger partial charge in [0, 0.05) is 43.6 Å².